The third-order valence-electron chi connectivity index (χ3n) is 1.86. The van der Waals surface area contributed by atoms with Crippen molar-refractivity contribution in [3.8, 4) is 0 Å². The molecule has 2 heterocycles. The SMILES string of the molecule is FC(F)(F)c1ccc(NCc2nccs2)nn1. The molecule has 8 heteroatoms. The van der Waals surface area contributed by atoms with Crippen molar-refractivity contribution in [3.05, 3.63) is 34.4 Å². The minimum Gasteiger partial charge on any atom is -0.362 e. The molecule has 2 rings (SSSR count). The summed E-state index contributed by atoms with van der Waals surface area (Å²) in [7, 11) is 0. The molecule has 0 aliphatic heterocycles. The molecule has 0 saturated heterocycles. The van der Waals surface area contributed by atoms with Crippen molar-refractivity contribution in [2.45, 2.75) is 12.7 Å². The number of rotatable bonds is 3. The summed E-state index contributed by atoms with van der Waals surface area (Å²) in [6.07, 6.45) is -2.80. The van der Waals surface area contributed by atoms with Crippen LogP contribution in [0.2, 0.25) is 0 Å². The molecule has 0 spiro atoms. The molecule has 0 unspecified atom stereocenters. The Morgan fingerprint density at radius 2 is 2.06 bits per heavy atom. The van der Waals surface area contributed by atoms with Gasteiger partial charge in [0.1, 0.15) is 10.8 Å². The minimum absolute atomic E-state index is 0.285. The molecule has 0 radical (unpaired) electrons. The fourth-order valence-electron chi connectivity index (χ4n) is 1.08. The number of hydrogen-bond donors (Lipinski definition) is 1. The van der Waals surface area contributed by atoms with E-state index >= 15 is 0 Å². The summed E-state index contributed by atoms with van der Waals surface area (Å²) in [4.78, 5) is 4.02. The van der Waals surface area contributed by atoms with Crippen LogP contribution in [0, 0.1) is 0 Å². The van der Waals surface area contributed by atoms with E-state index in [1.54, 1.807) is 6.20 Å². The number of anilines is 1. The summed E-state index contributed by atoms with van der Waals surface area (Å²) in [5, 5.41) is 12.0. The largest absolute Gasteiger partial charge is 0.435 e. The first-order valence-corrected chi connectivity index (χ1v) is 5.47. The van der Waals surface area contributed by atoms with Gasteiger partial charge in [0.15, 0.2) is 5.69 Å². The standard InChI is InChI=1S/C9H7F3N4S/c10-9(11,12)6-1-2-7(16-15-6)14-5-8-13-3-4-17-8/h1-4H,5H2,(H,14,16). The second-order valence-electron chi connectivity index (χ2n) is 3.08. The van der Waals surface area contributed by atoms with Crippen LogP contribution in [0.1, 0.15) is 10.7 Å². The Labute approximate surface area is 98.5 Å². The molecule has 0 atom stereocenters. The second kappa shape index (κ2) is 4.66. The van der Waals surface area contributed by atoms with Gasteiger partial charge >= 0.3 is 6.18 Å². The first kappa shape index (κ1) is 11.8. The topological polar surface area (TPSA) is 50.7 Å². The van der Waals surface area contributed by atoms with Crippen molar-refractivity contribution in [3.63, 3.8) is 0 Å². The van der Waals surface area contributed by atoms with E-state index in [0.717, 1.165) is 11.1 Å². The lowest BCUT2D eigenvalue weighted by Gasteiger charge is -2.06. The number of thiazole rings is 1. The van der Waals surface area contributed by atoms with Gasteiger partial charge in [-0.05, 0) is 12.1 Å². The predicted molar refractivity (Wildman–Crippen MR) is 56.5 cm³/mol. The van der Waals surface area contributed by atoms with Gasteiger partial charge in [-0.25, -0.2) is 4.98 Å². The van der Waals surface area contributed by atoms with Crippen LogP contribution in [0.4, 0.5) is 19.0 Å². The number of nitrogens with one attached hydrogen (secondary N) is 1. The Bertz CT molecular complexity index is 466. The van der Waals surface area contributed by atoms with Gasteiger partial charge in [-0.2, -0.15) is 13.2 Å². The number of halogens is 3. The van der Waals surface area contributed by atoms with Crippen LogP contribution in [0.15, 0.2) is 23.7 Å². The van der Waals surface area contributed by atoms with Crippen LogP contribution in [0.5, 0.6) is 0 Å². The third kappa shape index (κ3) is 3.13. The molecule has 17 heavy (non-hydrogen) atoms. The zero-order valence-corrected chi connectivity index (χ0v) is 9.22. The Morgan fingerprint density at radius 3 is 2.59 bits per heavy atom. The van der Waals surface area contributed by atoms with Crippen LogP contribution in [0.25, 0.3) is 0 Å². The molecule has 4 nitrogen and oxygen atoms in total. The quantitative estimate of drug-likeness (QED) is 0.921. The van der Waals surface area contributed by atoms with Crippen LogP contribution >= 0.6 is 11.3 Å². The molecule has 90 valence electrons. The highest BCUT2D eigenvalue weighted by atomic mass is 32.1. The van der Waals surface area contributed by atoms with Crippen LogP contribution in [0.3, 0.4) is 0 Å². The van der Waals surface area contributed by atoms with Crippen molar-refractivity contribution in [2.75, 3.05) is 5.32 Å². The van der Waals surface area contributed by atoms with Crippen LogP contribution in [-0.2, 0) is 12.7 Å². The van der Waals surface area contributed by atoms with Crippen molar-refractivity contribution in [2.24, 2.45) is 0 Å². The molecule has 2 aromatic rings. The average molecular weight is 260 g/mol. The Balaban J connectivity index is 1.99. The minimum atomic E-state index is -4.46. The highest BCUT2D eigenvalue weighted by Crippen LogP contribution is 2.27. The van der Waals surface area contributed by atoms with E-state index in [1.165, 1.54) is 17.4 Å². The molecule has 0 aromatic carbocycles. The van der Waals surface area contributed by atoms with Gasteiger partial charge in [0, 0.05) is 11.6 Å². The number of alkyl halides is 3. The number of aromatic nitrogens is 3. The molecule has 0 fully saturated rings. The maximum Gasteiger partial charge on any atom is 0.435 e. The van der Waals surface area contributed by atoms with Crippen LogP contribution in [-0.4, -0.2) is 15.2 Å². The molecular formula is C9H7F3N4S. The molecule has 0 amide bonds. The molecule has 2 aromatic heterocycles. The van der Waals surface area contributed by atoms with Gasteiger partial charge in [-0.15, -0.1) is 21.5 Å². The summed E-state index contributed by atoms with van der Waals surface area (Å²) < 4.78 is 36.6. The third-order valence-corrected chi connectivity index (χ3v) is 2.64. The summed E-state index contributed by atoms with van der Waals surface area (Å²) in [5.41, 5.74) is -1.00. The summed E-state index contributed by atoms with van der Waals surface area (Å²) in [6, 6.07) is 2.13. The van der Waals surface area contributed by atoms with Crippen molar-refractivity contribution in [1.82, 2.24) is 15.2 Å². The Hall–Kier alpha value is -1.70. The maximum absolute atomic E-state index is 12.2. The van der Waals surface area contributed by atoms with E-state index in [9.17, 15) is 13.2 Å². The molecule has 1 N–H and O–H groups in total. The monoisotopic (exact) mass is 260 g/mol. The average Bonchev–Trinajstić information content (AvgIpc) is 2.78. The van der Waals surface area contributed by atoms with Crippen LogP contribution < -0.4 is 5.32 Å². The summed E-state index contributed by atoms with van der Waals surface area (Å²) in [5.74, 6) is 0.285. The lowest BCUT2D eigenvalue weighted by Crippen LogP contribution is -2.10. The van der Waals surface area contributed by atoms with Crippen molar-refractivity contribution < 1.29 is 13.2 Å². The number of hydrogen-bond acceptors (Lipinski definition) is 5. The summed E-state index contributed by atoms with van der Waals surface area (Å²) in [6.45, 7) is 0.414. The maximum atomic E-state index is 12.2. The smallest absolute Gasteiger partial charge is 0.362 e. The van der Waals surface area contributed by atoms with Crippen molar-refractivity contribution in [1.29, 1.82) is 0 Å². The molecule has 0 saturated carbocycles. The highest BCUT2D eigenvalue weighted by molar-refractivity contribution is 7.09. The van der Waals surface area contributed by atoms with Gasteiger partial charge in [-0.3, -0.25) is 0 Å². The first-order chi connectivity index (χ1) is 8.05. The van der Waals surface area contributed by atoms with Gasteiger partial charge in [-0.1, -0.05) is 0 Å². The zero-order valence-electron chi connectivity index (χ0n) is 8.40. The van der Waals surface area contributed by atoms with E-state index in [1.807, 2.05) is 5.38 Å². The van der Waals surface area contributed by atoms with E-state index in [2.05, 4.69) is 20.5 Å². The first-order valence-electron chi connectivity index (χ1n) is 4.59. The Morgan fingerprint density at radius 1 is 1.24 bits per heavy atom. The molecule has 0 bridgehead atoms. The Kier molecular flexibility index (Phi) is 3.23. The van der Waals surface area contributed by atoms with E-state index in [4.69, 9.17) is 0 Å². The van der Waals surface area contributed by atoms with Crippen molar-refractivity contribution >= 4 is 17.2 Å². The van der Waals surface area contributed by atoms with Gasteiger partial charge in [0.2, 0.25) is 0 Å². The number of nitrogens with zero attached hydrogens (tertiary/aromatic N) is 3. The van der Waals surface area contributed by atoms with Gasteiger partial charge in [0.25, 0.3) is 0 Å². The van der Waals surface area contributed by atoms with Gasteiger partial charge < -0.3 is 5.32 Å². The fraction of sp³-hybridized carbons (Fsp3) is 0.222. The second-order valence-corrected chi connectivity index (χ2v) is 4.06. The van der Waals surface area contributed by atoms with E-state index in [0.29, 0.717) is 6.54 Å². The lowest BCUT2D eigenvalue weighted by molar-refractivity contribution is -0.141. The summed E-state index contributed by atoms with van der Waals surface area (Å²) >= 11 is 1.45. The predicted octanol–water partition coefficient (Wildman–Crippen LogP) is 2.56. The molecular weight excluding hydrogens is 253 g/mol. The normalized spacial score (nSPS) is 11.5. The zero-order chi connectivity index (χ0) is 12.3. The van der Waals surface area contributed by atoms with E-state index in [-0.39, 0.29) is 5.82 Å². The van der Waals surface area contributed by atoms with Gasteiger partial charge in [0.05, 0.1) is 6.54 Å². The molecule has 0 aliphatic rings. The highest BCUT2D eigenvalue weighted by Gasteiger charge is 2.32. The van der Waals surface area contributed by atoms with E-state index < -0.39 is 11.9 Å². The lowest BCUT2D eigenvalue weighted by atomic mass is 10.4. The fourth-order valence-corrected chi connectivity index (χ4v) is 1.64. The molecule has 0 aliphatic carbocycles.